The average Bonchev–Trinajstić information content (AvgIpc) is 2.46. The number of carbonyl (C=O) groups is 3. The highest BCUT2D eigenvalue weighted by atomic mass is 16.3. The molecule has 2 N–H and O–H groups in total. The number of aliphatic hydroxyl groups is 1. The Hall–Kier alpha value is -2.43. The molecular weight excluding hydrogens is 282 g/mol. The normalized spacial score (nSPS) is 18.3. The Morgan fingerprint density at radius 2 is 1.73 bits per heavy atom. The van der Waals surface area contributed by atoms with E-state index < -0.39 is 0 Å². The molecule has 1 saturated carbocycles. The van der Waals surface area contributed by atoms with Gasteiger partial charge in [-0.05, 0) is 23.6 Å². The van der Waals surface area contributed by atoms with E-state index in [0.29, 0.717) is 5.69 Å². The van der Waals surface area contributed by atoms with E-state index in [1.807, 2.05) is 12.1 Å². The molecule has 5 nitrogen and oxygen atoms in total. The van der Waals surface area contributed by atoms with Crippen LogP contribution in [0.1, 0.15) is 44.6 Å². The Labute approximate surface area is 129 Å². The summed E-state index contributed by atoms with van der Waals surface area (Å²) >= 11 is 0. The van der Waals surface area contributed by atoms with E-state index in [4.69, 9.17) is 0 Å². The lowest BCUT2D eigenvalue weighted by Crippen LogP contribution is -2.26. The van der Waals surface area contributed by atoms with Gasteiger partial charge in [0.1, 0.15) is 5.76 Å². The topological polar surface area (TPSA) is 83.5 Å². The van der Waals surface area contributed by atoms with Crippen molar-refractivity contribution in [2.24, 2.45) is 0 Å². The highest BCUT2D eigenvalue weighted by molar-refractivity contribution is 6.22. The third-order valence-electron chi connectivity index (χ3n) is 3.75. The molecule has 0 unspecified atom stereocenters. The summed E-state index contributed by atoms with van der Waals surface area (Å²) in [5.41, 5.74) is 1.52. The number of aliphatic hydroxyl groups excluding tert-OH is 1. The fraction of sp³-hybridized carbons (Fsp3) is 0.353. The van der Waals surface area contributed by atoms with E-state index >= 15 is 0 Å². The van der Waals surface area contributed by atoms with Gasteiger partial charge in [0.2, 0.25) is 5.91 Å². The van der Waals surface area contributed by atoms with Crippen LogP contribution in [0.5, 0.6) is 0 Å². The third-order valence-corrected chi connectivity index (χ3v) is 3.75. The van der Waals surface area contributed by atoms with Gasteiger partial charge in [0.05, 0.1) is 5.57 Å². The van der Waals surface area contributed by atoms with E-state index in [2.05, 4.69) is 5.32 Å². The van der Waals surface area contributed by atoms with Crippen molar-refractivity contribution in [1.29, 1.82) is 0 Å². The first-order valence-corrected chi connectivity index (χ1v) is 7.28. The first kappa shape index (κ1) is 15.9. The standard InChI is InChI=1S/C17H19NO4/c1-3-14(20)17-15(21)8-12(9-16(17)22)11-4-6-13(7-5-11)18-10(2)19/h4-7,12,20H,3,8-9H2,1-2H3,(H,18,19). The molecule has 2 rings (SSSR count). The van der Waals surface area contributed by atoms with Gasteiger partial charge in [0.25, 0.3) is 0 Å². The molecule has 1 fully saturated rings. The van der Waals surface area contributed by atoms with Crippen LogP contribution in [0.3, 0.4) is 0 Å². The Morgan fingerprint density at radius 1 is 1.18 bits per heavy atom. The second kappa shape index (κ2) is 6.56. The zero-order valence-electron chi connectivity index (χ0n) is 12.7. The van der Waals surface area contributed by atoms with Crippen LogP contribution in [0, 0.1) is 0 Å². The van der Waals surface area contributed by atoms with Crippen molar-refractivity contribution in [2.75, 3.05) is 5.32 Å². The molecule has 0 atom stereocenters. The van der Waals surface area contributed by atoms with Gasteiger partial charge in [-0.2, -0.15) is 0 Å². The summed E-state index contributed by atoms with van der Waals surface area (Å²) in [5, 5.41) is 12.4. The smallest absolute Gasteiger partial charge is 0.221 e. The highest BCUT2D eigenvalue weighted by Gasteiger charge is 2.33. The summed E-state index contributed by atoms with van der Waals surface area (Å²) in [4.78, 5) is 35.2. The molecule has 0 saturated heterocycles. The lowest BCUT2D eigenvalue weighted by atomic mass is 9.79. The van der Waals surface area contributed by atoms with Gasteiger partial charge in [-0.25, -0.2) is 0 Å². The molecule has 0 spiro atoms. The van der Waals surface area contributed by atoms with Crippen molar-refractivity contribution in [3.8, 4) is 0 Å². The van der Waals surface area contributed by atoms with Gasteiger partial charge >= 0.3 is 0 Å². The van der Waals surface area contributed by atoms with Crippen LogP contribution >= 0.6 is 0 Å². The van der Waals surface area contributed by atoms with Crippen LogP contribution in [0.4, 0.5) is 5.69 Å². The highest BCUT2D eigenvalue weighted by Crippen LogP contribution is 2.33. The number of hydrogen-bond donors (Lipinski definition) is 2. The Kier molecular flexibility index (Phi) is 4.75. The molecule has 116 valence electrons. The third kappa shape index (κ3) is 3.42. The quantitative estimate of drug-likeness (QED) is 0.511. The monoisotopic (exact) mass is 301 g/mol. The summed E-state index contributed by atoms with van der Waals surface area (Å²) < 4.78 is 0. The van der Waals surface area contributed by atoms with E-state index in [0.717, 1.165) is 5.56 Å². The maximum Gasteiger partial charge on any atom is 0.221 e. The van der Waals surface area contributed by atoms with Crippen LogP contribution in [0.25, 0.3) is 0 Å². The predicted molar refractivity (Wildman–Crippen MR) is 82.7 cm³/mol. The number of amides is 1. The summed E-state index contributed by atoms with van der Waals surface area (Å²) in [6, 6.07) is 7.12. The summed E-state index contributed by atoms with van der Waals surface area (Å²) in [7, 11) is 0. The number of hydrogen-bond acceptors (Lipinski definition) is 4. The number of rotatable bonds is 3. The van der Waals surface area contributed by atoms with Gasteiger partial charge in [-0.1, -0.05) is 19.1 Å². The van der Waals surface area contributed by atoms with Gasteiger partial charge in [-0.15, -0.1) is 0 Å². The molecule has 1 aliphatic rings. The van der Waals surface area contributed by atoms with Crippen molar-refractivity contribution in [3.63, 3.8) is 0 Å². The number of carbonyl (C=O) groups excluding carboxylic acids is 3. The van der Waals surface area contributed by atoms with Crippen molar-refractivity contribution < 1.29 is 19.5 Å². The molecule has 0 aromatic heterocycles. The zero-order valence-corrected chi connectivity index (χ0v) is 12.7. The maximum atomic E-state index is 12.1. The number of ketones is 2. The van der Waals surface area contributed by atoms with Crippen molar-refractivity contribution in [3.05, 3.63) is 41.2 Å². The second-order valence-electron chi connectivity index (χ2n) is 5.43. The average molecular weight is 301 g/mol. The van der Waals surface area contributed by atoms with Crippen LogP contribution in [0.2, 0.25) is 0 Å². The van der Waals surface area contributed by atoms with Crippen molar-refractivity contribution in [1.82, 2.24) is 0 Å². The zero-order chi connectivity index (χ0) is 16.3. The number of allylic oxidation sites excluding steroid dienone is 2. The molecule has 0 heterocycles. The summed E-state index contributed by atoms with van der Waals surface area (Å²) in [5.74, 6) is -1.05. The lowest BCUT2D eigenvalue weighted by molar-refractivity contribution is -0.124. The minimum atomic E-state index is -0.300. The van der Waals surface area contributed by atoms with Gasteiger partial charge in [0, 0.05) is 31.9 Å². The molecule has 22 heavy (non-hydrogen) atoms. The Balaban J connectivity index is 2.17. The molecule has 0 bridgehead atoms. The van der Waals surface area contributed by atoms with Crippen LogP contribution in [-0.2, 0) is 14.4 Å². The number of nitrogens with one attached hydrogen (secondary N) is 1. The number of anilines is 1. The van der Waals surface area contributed by atoms with Crippen LogP contribution in [0.15, 0.2) is 35.6 Å². The molecule has 1 amide bonds. The SMILES string of the molecule is CCC(O)=C1C(=O)CC(c2ccc(NC(C)=O)cc2)CC1=O. The van der Waals surface area contributed by atoms with Gasteiger partial charge < -0.3 is 10.4 Å². The van der Waals surface area contributed by atoms with E-state index in [1.165, 1.54) is 6.92 Å². The summed E-state index contributed by atoms with van der Waals surface area (Å²) in [6.07, 6.45) is 0.706. The Morgan fingerprint density at radius 3 is 2.18 bits per heavy atom. The van der Waals surface area contributed by atoms with Crippen LogP contribution in [-0.4, -0.2) is 22.6 Å². The van der Waals surface area contributed by atoms with Crippen LogP contribution < -0.4 is 5.32 Å². The minimum absolute atomic E-state index is 0.0337. The van der Waals surface area contributed by atoms with E-state index in [-0.39, 0.29) is 54.0 Å². The van der Waals surface area contributed by atoms with Gasteiger partial charge in [0.15, 0.2) is 11.6 Å². The molecule has 0 aliphatic heterocycles. The fourth-order valence-electron chi connectivity index (χ4n) is 2.66. The predicted octanol–water partition coefficient (Wildman–Crippen LogP) is 2.88. The van der Waals surface area contributed by atoms with E-state index in [9.17, 15) is 19.5 Å². The molecule has 0 radical (unpaired) electrons. The summed E-state index contributed by atoms with van der Waals surface area (Å²) in [6.45, 7) is 3.14. The number of Topliss-reactive ketones (excluding diaryl/α,β-unsaturated/α-hetero) is 2. The molecule has 1 aliphatic carbocycles. The second-order valence-corrected chi connectivity index (χ2v) is 5.43. The van der Waals surface area contributed by atoms with Gasteiger partial charge in [-0.3, -0.25) is 14.4 Å². The first-order valence-electron chi connectivity index (χ1n) is 7.28. The van der Waals surface area contributed by atoms with Crippen molar-refractivity contribution in [2.45, 2.75) is 39.0 Å². The number of benzene rings is 1. The maximum absolute atomic E-state index is 12.1. The molecule has 1 aromatic carbocycles. The molecule has 5 heteroatoms. The van der Waals surface area contributed by atoms with Crippen molar-refractivity contribution >= 4 is 23.2 Å². The largest absolute Gasteiger partial charge is 0.511 e. The lowest BCUT2D eigenvalue weighted by Gasteiger charge is -2.23. The fourth-order valence-corrected chi connectivity index (χ4v) is 2.66. The minimum Gasteiger partial charge on any atom is -0.511 e. The first-order chi connectivity index (χ1) is 10.4. The molecule has 1 aromatic rings. The molecular formula is C17H19NO4. The van der Waals surface area contributed by atoms with E-state index in [1.54, 1.807) is 19.1 Å². The Bertz CT molecular complexity index is 623.